The average Bonchev–Trinajstić information content (AvgIpc) is 2.08. The van der Waals surface area contributed by atoms with E-state index in [1.165, 1.54) is 0 Å². The Bertz CT molecular complexity index is 238. The van der Waals surface area contributed by atoms with Crippen molar-refractivity contribution in [3.05, 3.63) is 0 Å². The topological polar surface area (TPSA) is 9.23 Å². The zero-order chi connectivity index (χ0) is 15.3. The number of ether oxygens (including phenoxy) is 1. The van der Waals surface area contributed by atoms with Gasteiger partial charge in [-0.25, -0.2) is 0 Å². The van der Waals surface area contributed by atoms with Crippen molar-refractivity contribution < 1.29 is 34.4 Å². The summed E-state index contributed by atoms with van der Waals surface area (Å²) in [7, 11) is -6.27. The summed E-state index contributed by atoms with van der Waals surface area (Å²) in [6.45, 7) is 8.46. The van der Waals surface area contributed by atoms with Crippen LogP contribution in [0, 0.1) is 0 Å². The molecule has 0 N–H and O–H groups in total. The second-order valence-electron chi connectivity index (χ2n) is 4.52. The molecule has 0 rings (SSSR count). The van der Waals surface area contributed by atoms with Gasteiger partial charge in [-0.1, -0.05) is 6.92 Å². The van der Waals surface area contributed by atoms with Crippen LogP contribution in [0.5, 0.6) is 0 Å². The van der Waals surface area contributed by atoms with Crippen LogP contribution in [0.15, 0.2) is 0 Å². The first kappa shape index (κ1) is 20.3. The molecule has 9 heteroatoms. The molecule has 0 saturated carbocycles. The first-order chi connectivity index (χ1) is 7.49. The Labute approximate surface area is 104 Å². The van der Waals surface area contributed by atoms with Crippen LogP contribution in [0.25, 0.3) is 0 Å². The Kier molecular flexibility index (Phi) is 6.20. The number of hydrogen-bond acceptors (Lipinski definition) is 1. The molecule has 0 amide bonds. The first-order valence-corrected chi connectivity index (χ1v) is 7.53. The van der Waals surface area contributed by atoms with Gasteiger partial charge in [0.25, 0.3) is 0 Å². The number of quaternary nitrogens is 1. The summed E-state index contributed by atoms with van der Waals surface area (Å²) >= 11 is 0. The van der Waals surface area contributed by atoms with Crippen molar-refractivity contribution in [3.8, 4) is 0 Å². The van der Waals surface area contributed by atoms with Gasteiger partial charge in [-0.15, -0.1) is 0 Å². The van der Waals surface area contributed by atoms with E-state index in [0.29, 0.717) is 6.23 Å². The van der Waals surface area contributed by atoms with E-state index in [0.717, 1.165) is 24.1 Å². The minimum absolute atomic E-state index is 0.319. The van der Waals surface area contributed by atoms with Gasteiger partial charge in [-0.05, 0) is 13.3 Å². The summed E-state index contributed by atoms with van der Waals surface area (Å²) in [6.07, 6.45) is 1.42. The molecule has 0 fully saturated rings. The van der Waals surface area contributed by atoms with Gasteiger partial charge in [0.05, 0.1) is 27.2 Å². The zero-order valence-electron chi connectivity index (χ0n) is 11.3. The molecule has 1 unspecified atom stereocenters. The molecule has 0 aromatic rings. The Balaban J connectivity index is 0. The van der Waals surface area contributed by atoms with Crippen molar-refractivity contribution in [2.45, 2.75) is 33.4 Å². The van der Waals surface area contributed by atoms with Crippen molar-refractivity contribution in [3.63, 3.8) is 0 Å². The van der Waals surface area contributed by atoms with Crippen LogP contribution in [0.1, 0.15) is 27.2 Å². The number of rotatable bonds is 5. The Morgan fingerprint density at radius 1 is 1.00 bits per heavy atom. The molecule has 0 aliphatic carbocycles. The number of halogens is 6. The normalized spacial score (nSPS) is 18.2. The van der Waals surface area contributed by atoms with Gasteiger partial charge >= 0.3 is 33.0 Å². The van der Waals surface area contributed by atoms with E-state index in [2.05, 4.69) is 34.9 Å². The van der Waals surface area contributed by atoms with Crippen molar-refractivity contribution in [2.75, 3.05) is 27.2 Å². The first-order valence-electron chi connectivity index (χ1n) is 5.50. The molecular formula is C9H22F6NOP. The van der Waals surface area contributed by atoms with E-state index in [1.807, 2.05) is 0 Å². The Morgan fingerprint density at radius 2 is 1.33 bits per heavy atom. The molecule has 0 aromatic heterocycles. The predicted octanol–water partition coefficient (Wildman–Crippen LogP) is 5.24. The Hall–Kier alpha value is -0.0700. The number of hydrogen-bond donors (Lipinski definition) is 0. The standard InChI is InChI=1S/C9H22NO.F6P/c1-6-8-11-9(3)10(4,5)7-2;1-7(2,3,4,5)6/h9H,6-8H2,1-5H3;/q+1;-1. The van der Waals surface area contributed by atoms with Gasteiger partial charge in [0.2, 0.25) is 0 Å². The Morgan fingerprint density at radius 3 is 1.56 bits per heavy atom. The third-order valence-corrected chi connectivity index (χ3v) is 2.36. The van der Waals surface area contributed by atoms with E-state index in [4.69, 9.17) is 4.74 Å². The molecule has 0 aromatic carbocycles. The van der Waals surface area contributed by atoms with Crippen LogP contribution in [-0.2, 0) is 4.74 Å². The van der Waals surface area contributed by atoms with Crippen LogP contribution in [-0.4, -0.2) is 38.0 Å². The fourth-order valence-electron chi connectivity index (χ4n) is 0.747. The SMILES string of the molecule is CCCOC(C)[N+](C)(C)CC.F[P-](F)(F)(F)(F)F. The van der Waals surface area contributed by atoms with Gasteiger partial charge in [0, 0.05) is 6.92 Å². The van der Waals surface area contributed by atoms with Gasteiger partial charge in [0.1, 0.15) is 0 Å². The average molecular weight is 305 g/mol. The molecule has 0 bridgehead atoms. The van der Waals surface area contributed by atoms with E-state index < -0.39 is 7.81 Å². The van der Waals surface area contributed by atoms with E-state index in [9.17, 15) is 25.2 Å². The van der Waals surface area contributed by atoms with Crippen molar-refractivity contribution in [1.82, 2.24) is 0 Å². The zero-order valence-corrected chi connectivity index (χ0v) is 12.2. The molecule has 116 valence electrons. The summed E-state index contributed by atoms with van der Waals surface area (Å²) in [4.78, 5) is 0. The van der Waals surface area contributed by atoms with Crippen LogP contribution < -0.4 is 0 Å². The second-order valence-corrected chi connectivity index (χ2v) is 6.44. The molecule has 0 spiro atoms. The van der Waals surface area contributed by atoms with Gasteiger partial charge in [-0.2, -0.15) is 0 Å². The molecule has 0 aliphatic rings. The van der Waals surface area contributed by atoms with Gasteiger partial charge < -0.3 is 9.22 Å². The van der Waals surface area contributed by atoms with Crippen molar-refractivity contribution >= 4 is 7.81 Å². The number of nitrogens with zero attached hydrogens (tertiary/aromatic N) is 1. The third kappa shape index (κ3) is 21.2. The van der Waals surface area contributed by atoms with E-state index in [1.54, 1.807) is 0 Å². The third-order valence-electron chi connectivity index (χ3n) is 2.36. The van der Waals surface area contributed by atoms with Crippen LogP contribution >= 0.6 is 7.81 Å². The molecule has 1 atom stereocenters. The molecule has 0 heterocycles. The van der Waals surface area contributed by atoms with Gasteiger partial charge in [0.15, 0.2) is 6.23 Å². The van der Waals surface area contributed by atoms with Crippen molar-refractivity contribution in [1.29, 1.82) is 0 Å². The summed E-state index contributed by atoms with van der Waals surface area (Å²) < 4.78 is 65.8. The van der Waals surface area contributed by atoms with E-state index in [-0.39, 0.29) is 0 Å². The fourth-order valence-corrected chi connectivity index (χ4v) is 0.747. The maximum absolute atomic E-state index is 10.7. The fraction of sp³-hybridized carbons (Fsp3) is 1.00. The molecule has 0 radical (unpaired) electrons. The van der Waals surface area contributed by atoms with Crippen LogP contribution in [0.2, 0.25) is 0 Å². The predicted molar refractivity (Wildman–Crippen MR) is 61.9 cm³/mol. The molecule has 18 heavy (non-hydrogen) atoms. The monoisotopic (exact) mass is 305 g/mol. The summed E-state index contributed by atoms with van der Waals surface area (Å²) in [6, 6.07) is 0. The molecule has 0 saturated heterocycles. The van der Waals surface area contributed by atoms with Crippen LogP contribution in [0.4, 0.5) is 25.2 Å². The molecule has 2 nitrogen and oxygen atoms in total. The summed E-state index contributed by atoms with van der Waals surface area (Å²) in [5.74, 6) is 0. The van der Waals surface area contributed by atoms with Crippen molar-refractivity contribution in [2.24, 2.45) is 0 Å². The van der Waals surface area contributed by atoms with Gasteiger partial charge in [-0.3, -0.25) is 0 Å². The summed E-state index contributed by atoms with van der Waals surface area (Å²) in [5, 5.41) is 0. The van der Waals surface area contributed by atoms with Crippen LogP contribution in [0.3, 0.4) is 0 Å². The van der Waals surface area contributed by atoms with E-state index >= 15 is 0 Å². The maximum atomic E-state index is 9.87. The molecule has 0 aliphatic heterocycles. The summed E-state index contributed by atoms with van der Waals surface area (Å²) in [5.41, 5.74) is 0. The quantitative estimate of drug-likeness (QED) is 0.292. The second kappa shape index (κ2) is 5.51. The minimum atomic E-state index is -10.7. The molecular weight excluding hydrogens is 283 g/mol.